The van der Waals surface area contributed by atoms with Crippen LogP contribution in [0.25, 0.3) is 0 Å². The first-order chi connectivity index (χ1) is 19.3. The Morgan fingerprint density at radius 3 is 2.05 bits per heavy atom. The maximum absolute atomic E-state index is 14.3. The molecule has 4 N–H and O–H groups in total. The molecule has 0 aliphatic heterocycles. The molecule has 0 amide bonds. The number of fused-ring (bicyclic) bond motifs is 3. The minimum Gasteiger partial charge on any atom is -0.511 e. The van der Waals surface area contributed by atoms with Crippen LogP contribution in [-0.4, -0.2) is 43.4 Å². The molecule has 0 saturated heterocycles. The van der Waals surface area contributed by atoms with Crippen molar-refractivity contribution in [1.29, 1.82) is 0 Å². The molecule has 0 heterocycles. The summed E-state index contributed by atoms with van der Waals surface area (Å²) in [6.07, 6.45) is 3.20. The Morgan fingerprint density at radius 2 is 1.55 bits per heavy atom. The van der Waals surface area contributed by atoms with E-state index in [0.717, 1.165) is 37.3 Å². The van der Waals surface area contributed by atoms with Gasteiger partial charge in [-0.05, 0) is 79.9 Å². The van der Waals surface area contributed by atoms with Gasteiger partial charge in [0.25, 0.3) is 0 Å². The average molecular weight is 581 g/mol. The molecule has 1 unspecified atom stereocenters. The van der Waals surface area contributed by atoms with Crippen LogP contribution in [0.2, 0.25) is 0 Å². The Labute approximate surface area is 249 Å². The fourth-order valence-corrected chi connectivity index (χ4v) is 8.89. The second kappa shape index (κ2) is 10.7. The lowest BCUT2D eigenvalue weighted by atomic mass is 9.44. The maximum Gasteiger partial charge on any atom is 0.209 e. The van der Waals surface area contributed by atoms with Crippen LogP contribution in [-0.2, 0) is 22.4 Å². The number of benzene rings is 1. The van der Waals surface area contributed by atoms with Crippen molar-refractivity contribution in [2.75, 3.05) is 0 Å². The van der Waals surface area contributed by atoms with Gasteiger partial charge in [-0.2, -0.15) is 0 Å². The van der Waals surface area contributed by atoms with Crippen LogP contribution in [0.15, 0.2) is 34.8 Å². The summed E-state index contributed by atoms with van der Waals surface area (Å²) in [5.74, 6) is -3.54. The van der Waals surface area contributed by atoms with Gasteiger partial charge in [-0.15, -0.1) is 0 Å². The normalized spacial score (nSPS) is 29.5. The average Bonchev–Trinajstić information content (AvgIpc) is 2.81. The minimum atomic E-state index is -2.59. The van der Waals surface area contributed by atoms with Gasteiger partial charge >= 0.3 is 0 Å². The summed E-state index contributed by atoms with van der Waals surface area (Å²) in [5.41, 5.74) is -3.86. The van der Waals surface area contributed by atoms with E-state index in [-0.39, 0.29) is 35.0 Å². The van der Waals surface area contributed by atoms with Crippen LogP contribution in [0.5, 0.6) is 5.75 Å². The van der Waals surface area contributed by atoms with Gasteiger partial charge in [-0.3, -0.25) is 14.4 Å². The summed E-state index contributed by atoms with van der Waals surface area (Å²) in [5, 5.41) is 46.3. The second-order valence-electron chi connectivity index (χ2n) is 14.9. The number of carbonyl (C=O) groups is 3. The molecule has 4 atom stereocenters. The van der Waals surface area contributed by atoms with E-state index in [1.165, 1.54) is 6.07 Å². The standard InChI is InChI=1S/C35H48O7/c1-17(2)12-21(13-18(3)4)14-22-10-11-24(37)26-23(22)15-33(8)16-34(9)27(19(5)6)29(38)25(20(7)36)31(40)35(34,42)32(41)28(33)30(26)39/h10-11,17-19,21,27,37-38,41-42H,12-16H2,1-9H3/t27?,33-,34-,35+/m1/s1. The van der Waals surface area contributed by atoms with Crippen molar-refractivity contribution < 1.29 is 34.8 Å². The Hall–Kier alpha value is -2.93. The third-order valence-corrected chi connectivity index (χ3v) is 10.1. The fraction of sp³-hybridized carbons (Fsp3) is 0.629. The zero-order valence-corrected chi connectivity index (χ0v) is 26.6. The van der Waals surface area contributed by atoms with Crippen molar-refractivity contribution in [2.24, 2.45) is 40.4 Å². The van der Waals surface area contributed by atoms with E-state index in [1.54, 1.807) is 6.92 Å². The molecule has 7 heteroatoms. The van der Waals surface area contributed by atoms with Crippen molar-refractivity contribution in [3.05, 3.63) is 51.5 Å². The number of hydrogen-bond acceptors (Lipinski definition) is 7. The first-order valence-corrected chi connectivity index (χ1v) is 15.4. The minimum absolute atomic E-state index is 0.0976. The number of aliphatic hydroxyl groups excluding tert-OH is 2. The number of aromatic hydroxyl groups is 1. The highest BCUT2D eigenvalue weighted by molar-refractivity contribution is 6.25. The van der Waals surface area contributed by atoms with E-state index >= 15 is 0 Å². The predicted octanol–water partition coefficient (Wildman–Crippen LogP) is 6.60. The number of allylic oxidation sites excluding steroid dienone is 2. The van der Waals surface area contributed by atoms with E-state index in [1.807, 2.05) is 26.8 Å². The molecule has 4 rings (SSSR count). The van der Waals surface area contributed by atoms with Crippen molar-refractivity contribution in [2.45, 2.75) is 100 Å². The largest absolute Gasteiger partial charge is 0.511 e. The Balaban J connectivity index is 1.95. The number of phenolic OH excluding ortho intramolecular Hbond substituents is 1. The summed E-state index contributed by atoms with van der Waals surface area (Å²) < 4.78 is 0. The highest BCUT2D eigenvalue weighted by Gasteiger charge is 2.71. The van der Waals surface area contributed by atoms with Crippen molar-refractivity contribution >= 4 is 17.3 Å². The highest BCUT2D eigenvalue weighted by atomic mass is 16.3. The summed E-state index contributed by atoms with van der Waals surface area (Å²) in [6.45, 7) is 17.1. The number of aliphatic hydroxyl groups is 3. The smallest absolute Gasteiger partial charge is 0.209 e. The molecule has 0 spiro atoms. The lowest BCUT2D eigenvalue weighted by molar-refractivity contribution is -0.171. The predicted molar refractivity (Wildman–Crippen MR) is 161 cm³/mol. The molecule has 0 fully saturated rings. The topological polar surface area (TPSA) is 132 Å². The van der Waals surface area contributed by atoms with E-state index < -0.39 is 51.0 Å². The molecule has 3 aliphatic carbocycles. The molecule has 3 aliphatic rings. The van der Waals surface area contributed by atoms with Gasteiger partial charge in [0.1, 0.15) is 22.8 Å². The molecule has 230 valence electrons. The quantitative estimate of drug-likeness (QED) is 0.255. The van der Waals surface area contributed by atoms with Crippen LogP contribution in [0.1, 0.15) is 103 Å². The molecule has 0 radical (unpaired) electrons. The third-order valence-electron chi connectivity index (χ3n) is 10.1. The summed E-state index contributed by atoms with van der Waals surface area (Å²) >= 11 is 0. The molecule has 42 heavy (non-hydrogen) atoms. The van der Waals surface area contributed by atoms with Crippen LogP contribution in [0, 0.1) is 40.4 Å². The molecule has 0 aromatic heterocycles. The zero-order valence-electron chi connectivity index (χ0n) is 26.6. The summed E-state index contributed by atoms with van der Waals surface area (Å²) in [7, 11) is 0. The molecular weight excluding hydrogens is 532 g/mol. The number of hydrogen-bond donors (Lipinski definition) is 4. The van der Waals surface area contributed by atoms with Crippen LogP contribution < -0.4 is 0 Å². The van der Waals surface area contributed by atoms with E-state index in [4.69, 9.17) is 0 Å². The van der Waals surface area contributed by atoms with Crippen LogP contribution in [0.3, 0.4) is 0 Å². The van der Waals surface area contributed by atoms with Crippen LogP contribution >= 0.6 is 0 Å². The van der Waals surface area contributed by atoms with Gasteiger partial charge in [-0.1, -0.05) is 61.5 Å². The van der Waals surface area contributed by atoms with Gasteiger partial charge < -0.3 is 20.4 Å². The third kappa shape index (κ3) is 4.63. The van der Waals surface area contributed by atoms with E-state index in [2.05, 4.69) is 27.7 Å². The molecule has 7 nitrogen and oxygen atoms in total. The summed E-state index contributed by atoms with van der Waals surface area (Å²) in [4.78, 5) is 40.6. The molecule has 1 aromatic carbocycles. The van der Waals surface area contributed by atoms with Crippen LogP contribution in [0.4, 0.5) is 0 Å². The molecular formula is C35H48O7. The first-order valence-electron chi connectivity index (χ1n) is 15.4. The SMILES string of the molecule is CC(=O)C1=C(O)C(C(C)C)[C@@]2(C)C[C@@]3(C)Cc4c(CC(CC(C)C)CC(C)C)ccc(O)c4C(=O)C3=C(O)[C@@]2(O)C1=O. The number of carbonyl (C=O) groups excluding carboxylic acids is 3. The summed E-state index contributed by atoms with van der Waals surface area (Å²) in [6, 6.07) is 3.41. The van der Waals surface area contributed by atoms with Crippen molar-refractivity contribution in [3.8, 4) is 5.75 Å². The van der Waals surface area contributed by atoms with Crippen molar-refractivity contribution in [3.63, 3.8) is 0 Å². The first kappa shape index (κ1) is 32.0. The van der Waals surface area contributed by atoms with E-state index in [0.29, 0.717) is 24.2 Å². The van der Waals surface area contributed by atoms with E-state index in [9.17, 15) is 34.8 Å². The maximum atomic E-state index is 14.3. The van der Waals surface area contributed by atoms with Crippen molar-refractivity contribution in [1.82, 2.24) is 0 Å². The number of Topliss-reactive ketones (excluding diaryl/α,β-unsaturated/α-hetero) is 3. The second-order valence-corrected chi connectivity index (χ2v) is 14.9. The monoisotopic (exact) mass is 580 g/mol. The lowest BCUT2D eigenvalue weighted by Gasteiger charge is -2.59. The number of phenols is 1. The fourth-order valence-electron chi connectivity index (χ4n) is 8.89. The van der Waals surface area contributed by atoms with Gasteiger partial charge in [0.2, 0.25) is 5.78 Å². The molecule has 0 saturated carbocycles. The highest BCUT2D eigenvalue weighted by Crippen LogP contribution is 2.65. The lowest BCUT2D eigenvalue weighted by Crippen LogP contribution is -2.67. The molecule has 0 bridgehead atoms. The Bertz CT molecular complexity index is 1390. The Kier molecular flexibility index (Phi) is 8.12. The zero-order chi connectivity index (χ0) is 31.7. The van der Waals surface area contributed by atoms with Gasteiger partial charge in [-0.25, -0.2) is 0 Å². The Morgan fingerprint density at radius 1 is 0.976 bits per heavy atom. The number of rotatable bonds is 8. The number of ketones is 3. The van der Waals surface area contributed by atoms with Gasteiger partial charge in [0.15, 0.2) is 17.2 Å². The molecule has 1 aromatic rings. The van der Waals surface area contributed by atoms with Gasteiger partial charge in [0.05, 0.1) is 5.56 Å². The van der Waals surface area contributed by atoms with Gasteiger partial charge in [0, 0.05) is 22.3 Å².